The average molecular weight is 329 g/mol. The summed E-state index contributed by atoms with van der Waals surface area (Å²) in [6, 6.07) is 11.2. The zero-order valence-corrected chi connectivity index (χ0v) is 14.2. The van der Waals surface area contributed by atoms with Crippen LogP contribution >= 0.6 is 11.3 Å². The standard InChI is InChI=1S/C18H23N3OS/c1-2-4-15(5-3-1)17-14-23-18(19-17)21-8-6-16(7-9-21)20-10-12-22-13-11-20/h1-5,14,16H,6-13H2. The van der Waals surface area contributed by atoms with Crippen molar-refractivity contribution >= 4 is 16.5 Å². The average Bonchev–Trinajstić information content (AvgIpc) is 3.14. The second kappa shape index (κ2) is 6.99. The summed E-state index contributed by atoms with van der Waals surface area (Å²) in [5, 5.41) is 3.35. The summed E-state index contributed by atoms with van der Waals surface area (Å²) in [4.78, 5) is 9.91. The van der Waals surface area contributed by atoms with E-state index in [1.54, 1.807) is 11.3 Å². The first-order valence-electron chi connectivity index (χ1n) is 8.48. The number of ether oxygens (including phenoxy) is 1. The van der Waals surface area contributed by atoms with Crippen LogP contribution in [-0.4, -0.2) is 55.3 Å². The minimum atomic E-state index is 0.726. The highest BCUT2D eigenvalue weighted by atomic mass is 32.1. The zero-order valence-electron chi connectivity index (χ0n) is 13.4. The second-order valence-electron chi connectivity index (χ2n) is 6.25. The maximum absolute atomic E-state index is 5.47. The van der Waals surface area contributed by atoms with E-state index in [-0.39, 0.29) is 0 Å². The summed E-state index contributed by atoms with van der Waals surface area (Å²) in [5.74, 6) is 0. The molecular weight excluding hydrogens is 306 g/mol. The van der Waals surface area contributed by atoms with Gasteiger partial charge in [-0.1, -0.05) is 30.3 Å². The molecule has 0 atom stereocenters. The molecule has 4 rings (SSSR count). The molecule has 0 bridgehead atoms. The first-order valence-corrected chi connectivity index (χ1v) is 9.36. The molecule has 5 heteroatoms. The lowest BCUT2D eigenvalue weighted by Gasteiger charge is -2.40. The molecule has 0 aliphatic carbocycles. The van der Waals surface area contributed by atoms with E-state index in [1.165, 1.54) is 23.5 Å². The number of morpholine rings is 1. The van der Waals surface area contributed by atoms with E-state index in [1.807, 2.05) is 6.07 Å². The molecule has 2 fully saturated rings. The molecule has 0 unspecified atom stereocenters. The number of anilines is 1. The minimum Gasteiger partial charge on any atom is -0.379 e. The third kappa shape index (κ3) is 3.42. The van der Waals surface area contributed by atoms with Crippen molar-refractivity contribution in [3.8, 4) is 11.3 Å². The molecule has 0 spiro atoms. The van der Waals surface area contributed by atoms with Gasteiger partial charge in [0.25, 0.3) is 0 Å². The molecule has 23 heavy (non-hydrogen) atoms. The lowest BCUT2D eigenvalue weighted by molar-refractivity contribution is 0.0115. The highest BCUT2D eigenvalue weighted by Gasteiger charge is 2.26. The van der Waals surface area contributed by atoms with Crippen LogP contribution < -0.4 is 4.90 Å². The van der Waals surface area contributed by atoms with Crippen LogP contribution in [0.5, 0.6) is 0 Å². The Morgan fingerprint density at radius 2 is 1.74 bits per heavy atom. The van der Waals surface area contributed by atoms with Crippen molar-refractivity contribution in [1.82, 2.24) is 9.88 Å². The Hall–Kier alpha value is -1.43. The predicted octanol–water partition coefficient (Wildman–Crippen LogP) is 3.11. The lowest BCUT2D eigenvalue weighted by Crippen LogP contribution is -2.49. The predicted molar refractivity (Wildman–Crippen MR) is 95.2 cm³/mol. The minimum absolute atomic E-state index is 0.726. The van der Waals surface area contributed by atoms with Gasteiger partial charge >= 0.3 is 0 Å². The maximum atomic E-state index is 5.47. The van der Waals surface area contributed by atoms with E-state index in [9.17, 15) is 0 Å². The fourth-order valence-electron chi connectivity index (χ4n) is 3.52. The van der Waals surface area contributed by atoms with Crippen molar-refractivity contribution in [3.05, 3.63) is 35.7 Å². The third-order valence-electron chi connectivity index (χ3n) is 4.86. The van der Waals surface area contributed by atoms with Gasteiger partial charge < -0.3 is 9.64 Å². The molecule has 2 aliphatic rings. The Morgan fingerprint density at radius 1 is 1.00 bits per heavy atom. The van der Waals surface area contributed by atoms with Gasteiger partial charge in [0.2, 0.25) is 0 Å². The molecule has 4 nitrogen and oxygen atoms in total. The first-order chi connectivity index (χ1) is 11.4. The number of piperidine rings is 1. The van der Waals surface area contributed by atoms with E-state index in [4.69, 9.17) is 9.72 Å². The SMILES string of the molecule is c1ccc(-c2csc(N3CCC(N4CCOCC4)CC3)n2)cc1. The number of thiazole rings is 1. The van der Waals surface area contributed by atoms with Crippen LogP contribution in [-0.2, 0) is 4.74 Å². The van der Waals surface area contributed by atoms with Gasteiger partial charge in [-0.3, -0.25) is 4.90 Å². The normalized spacial score (nSPS) is 20.8. The summed E-state index contributed by atoms with van der Waals surface area (Å²) >= 11 is 1.77. The van der Waals surface area contributed by atoms with Gasteiger partial charge in [0.15, 0.2) is 5.13 Å². The topological polar surface area (TPSA) is 28.6 Å². The number of aromatic nitrogens is 1. The van der Waals surface area contributed by atoms with Crippen LogP contribution in [0.1, 0.15) is 12.8 Å². The molecule has 2 saturated heterocycles. The largest absolute Gasteiger partial charge is 0.379 e. The fourth-order valence-corrected chi connectivity index (χ4v) is 4.40. The van der Waals surface area contributed by atoms with E-state index in [2.05, 4.69) is 39.4 Å². The first kappa shape index (κ1) is 15.1. The Labute approximate surface area is 141 Å². The molecule has 3 heterocycles. The molecular formula is C18H23N3OS. The summed E-state index contributed by atoms with van der Waals surface area (Å²) in [6.07, 6.45) is 2.47. The molecule has 1 aromatic carbocycles. The molecule has 0 radical (unpaired) electrons. The molecule has 2 aromatic rings. The van der Waals surface area contributed by atoms with Gasteiger partial charge in [-0.25, -0.2) is 4.98 Å². The van der Waals surface area contributed by atoms with E-state index < -0.39 is 0 Å². The third-order valence-corrected chi connectivity index (χ3v) is 5.76. The summed E-state index contributed by atoms with van der Waals surface area (Å²) in [7, 11) is 0. The van der Waals surface area contributed by atoms with Crippen LogP contribution in [0.15, 0.2) is 35.7 Å². The van der Waals surface area contributed by atoms with Crippen LogP contribution in [0, 0.1) is 0 Å². The number of rotatable bonds is 3. The molecule has 0 N–H and O–H groups in total. The highest BCUT2D eigenvalue weighted by molar-refractivity contribution is 7.14. The van der Waals surface area contributed by atoms with Gasteiger partial charge in [-0.15, -0.1) is 11.3 Å². The molecule has 1 aromatic heterocycles. The van der Waals surface area contributed by atoms with Crippen LogP contribution in [0.2, 0.25) is 0 Å². The maximum Gasteiger partial charge on any atom is 0.185 e. The van der Waals surface area contributed by atoms with Crippen LogP contribution in [0.4, 0.5) is 5.13 Å². The van der Waals surface area contributed by atoms with E-state index >= 15 is 0 Å². The fraction of sp³-hybridized carbons (Fsp3) is 0.500. The summed E-state index contributed by atoms with van der Waals surface area (Å²) < 4.78 is 5.47. The molecule has 0 amide bonds. The van der Waals surface area contributed by atoms with Gasteiger partial charge in [-0.2, -0.15) is 0 Å². The molecule has 122 valence electrons. The van der Waals surface area contributed by atoms with Crippen LogP contribution in [0.3, 0.4) is 0 Å². The number of benzene rings is 1. The van der Waals surface area contributed by atoms with Gasteiger partial charge in [0, 0.05) is 43.2 Å². The highest BCUT2D eigenvalue weighted by Crippen LogP contribution is 2.30. The van der Waals surface area contributed by atoms with Crippen molar-refractivity contribution in [2.45, 2.75) is 18.9 Å². The monoisotopic (exact) mass is 329 g/mol. The number of hydrogen-bond acceptors (Lipinski definition) is 5. The molecule has 0 saturated carbocycles. The van der Waals surface area contributed by atoms with Crippen molar-refractivity contribution in [2.75, 3.05) is 44.3 Å². The Balaban J connectivity index is 1.38. The van der Waals surface area contributed by atoms with Gasteiger partial charge in [0.1, 0.15) is 0 Å². The Kier molecular flexibility index (Phi) is 4.60. The quantitative estimate of drug-likeness (QED) is 0.865. The van der Waals surface area contributed by atoms with Crippen molar-refractivity contribution in [2.24, 2.45) is 0 Å². The zero-order chi connectivity index (χ0) is 15.5. The Morgan fingerprint density at radius 3 is 2.48 bits per heavy atom. The van der Waals surface area contributed by atoms with Crippen molar-refractivity contribution in [1.29, 1.82) is 0 Å². The summed E-state index contributed by atoms with van der Waals surface area (Å²) in [5.41, 5.74) is 2.30. The van der Waals surface area contributed by atoms with Gasteiger partial charge in [0.05, 0.1) is 18.9 Å². The van der Waals surface area contributed by atoms with E-state index in [0.717, 1.165) is 51.1 Å². The van der Waals surface area contributed by atoms with E-state index in [0.29, 0.717) is 0 Å². The van der Waals surface area contributed by atoms with Crippen molar-refractivity contribution in [3.63, 3.8) is 0 Å². The Bertz CT molecular complexity index is 616. The lowest BCUT2D eigenvalue weighted by atomic mass is 10.0. The van der Waals surface area contributed by atoms with Crippen molar-refractivity contribution < 1.29 is 4.74 Å². The van der Waals surface area contributed by atoms with Gasteiger partial charge in [-0.05, 0) is 12.8 Å². The smallest absolute Gasteiger partial charge is 0.185 e. The summed E-state index contributed by atoms with van der Waals surface area (Å²) in [6.45, 7) is 6.22. The van der Waals surface area contributed by atoms with Crippen LogP contribution in [0.25, 0.3) is 11.3 Å². The number of nitrogens with zero attached hydrogens (tertiary/aromatic N) is 3. The number of hydrogen-bond donors (Lipinski definition) is 0. The second-order valence-corrected chi connectivity index (χ2v) is 7.08. The molecule has 2 aliphatic heterocycles.